The van der Waals surface area contributed by atoms with Crippen LogP contribution in [0.5, 0.6) is 0 Å². The predicted molar refractivity (Wildman–Crippen MR) is 123 cm³/mol. The fourth-order valence-electron chi connectivity index (χ4n) is 3.76. The van der Waals surface area contributed by atoms with Crippen LogP contribution in [0.2, 0.25) is 0 Å². The predicted octanol–water partition coefficient (Wildman–Crippen LogP) is 4.15. The average molecular weight is 428 g/mol. The standard InChI is InChI=1S/C25H24N4O3/c1-4-29(19-13-9-6-10-14-19)22(30)16-32-25(31)20-15-21(18-11-7-5-8-12-18)26-24-23(20)17(2)27-28(24)3/h5-15H,4,16H2,1-3H3. The van der Waals surface area contributed by atoms with Gasteiger partial charge in [-0.05, 0) is 32.0 Å². The summed E-state index contributed by atoms with van der Waals surface area (Å²) in [7, 11) is 1.79. The van der Waals surface area contributed by atoms with Crippen LogP contribution in [-0.2, 0) is 16.6 Å². The lowest BCUT2D eigenvalue weighted by atomic mass is 10.1. The topological polar surface area (TPSA) is 77.3 Å². The summed E-state index contributed by atoms with van der Waals surface area (Å²) in [6, 6.07) is 20.6. The molecule has 0 N–H and O–H groups in total. The van der Waals surface area contributed by atoms with Crippen molar-refractivity contribution in [3.05, 3.63) is 78.0 Å². The van der Waals surface area contributed by atoms with Crippen LogP contribution in [-0.4, -0.2) is 39.8 Å². The molecular formula is C25H24N4O3. The maximum Gasteiger partial charge on any atom is 0.339 e. The minimum Gasteiger partial charge on any atom is -0.452 e. The normalized spacial score (nSPS) is 10.8. The number of hydrogen-bond acceptors (Lipinski definition) is 5. The summed E-state index contributed by atoms with van der Waals surface area (Å²) in [4.78, 5) is 32.1. The van der Waals surface area contributed by atoms with Crippen molar-refractivity contribution in [1.29, 1.82) is 0 Å². The Morgan fingerprint density at radius 1 is 1.03 bits per heavy atom. The molecule has 162 valence electrons. The summed E-state index contributed by atoms with van der Waals surface area (Å²) in [5.41, 5.74) is 3.87. The molecule has 32 heavy (non-hydrogen) atoms. The molecule has 0 bridgehead atoms. The molecule has 4 aromatic rings. The molecule has 2 heterocycles. The number of carbonyl (C=O) groups excluding carboxylic acids is 2. The molecule has 0 saturated carbocycles. The number of carbonyl (C=O) groups is 2. The molecule has 0 aliphatic carbocycles. The van der Waals surface area contributed by atoms with E-state index >= 15 is 0 Å². The molecule has 7 heteroatoms. The molecule has 2 aromatic carbocycles. The van der Waals surface area contributed by atoms with Gasteiger partial charge in [-0.25, -0.2) is 9.78 Å². The van der Waals surface area contributed by atoms with Gasteiger partial charge in [0.1, 0.15) is 0 Å². The number of fused-ring (bicyclic) bond motifs is 1. The third kappa shape index (κ3) is 4.09. The number of likely N-dealkylation sites (N-methyl/N-ethyl adjacent to an activating group) is 1. The molecule has 0 fully saturated rings. The van der Waals surface area contributed by atoms with E-state index in [2.05, 4.69) is 5.10 Å². The van der Waals surface area contributed by atoms with Crippen LogP contribution >= 0.6 is 0 Å². The first-order chi connectivity index (χ1) is 15.5. The molecule has 0 atom stereocenters. The van der Waals surface area contributed by atoms with Gasteiger partial charge in [0.15, 0.2) is 12.3 Å². The lowest BCUT2D eigenvalue weighted by molar-refractivity contribution is -0.121. The van der Waals surface area contributed by atoms with Gasteiger partial charge in [0.25, 0.3) is 5.91 Å². The van der Waals surface area contributed by atoms with Crippen LogP contribution in [0, 0.1) is 6.92 Å². The van der Waals surface area contributed by atoms with Gasteiger partial charge in [0, 0.05) is 24.8 Å². The highest BCUT2D eigenvalue weighted by Gasteiger charge is 2.22. The number of rotatable bonds is 6. The Morgan fingerprint density at radius 3 is 2.34 bits per heavy atom. The Morgan fingerprint density at radius 2 is 1.69 bits per heavy atom. The second-order valence-corrected chi connectivity index (χ2v) is 7.38. The second kappa shape index (κ2) is 9.01. The van der Waals surface area contributed by atoms with Crippen LogP contribution in [0.15, 0.2) is 66.7 Å². The minimum atomic E-state index is -0.580. The van der Waals surface area contributed by atoms with Gasteiger partial charge in [-0.2, -0.15) is 5.10 Å². The number of hydrogen-bond donors (Lipinski definition) is 0. The van der Waals surface area contributed by atoms with Crippen LogP contribution in [0.25, 0.3) is 22.3 Å². The Hall–Kier alpha value is -4.00. The monoisotopic (exact) mass is 428 g/mol. The van der Waals surface area contributed by atoms with E-state index in [4.69, 9.17) is 9.72 Å². The van der Waals surface area contributed by atoms with Gasteiger partial charge < -0.3 is 9.64 Å². The number of anilines is 1. The van der Waals surface area contributed by atoms with E-state index in [9.17, 15) is 9.59 Å². The molecule has 2 aromatic heterocycles. The molecule has 0 aliphatic rings. The summed E-state index contributed by atoms with van der Waals surface area (Å²) in [5.74, 6) is -0.869. The summed E-state index contributed by atoms with van der Waals surface area (Å²) in [6.45, 7) is 3.82. The molecule has 0 aliphatic heterocycles. The van der Waals surface area contributed by atoms with Crippen molar-refractivity contribution < 1.29 is 14.3 Å². The van der Waals surface area contributed by atoms with E-state index in [-0.39, 0.29) is 12.5 Å². The zero-order chi connectivity index (χ0) is 22.7. The molecule has 1 amide bonds. The molecule has 0 spiro atoms. The fraction of sp³-hybridized carbons (Fsp3) is 0.200. The summed E-state index contributed by atoms with van der Waals surface area (Å²) >= 11 is 0. The summed E-state index contributed by atoms with van der Waals surface area (Å²) in [5, 5.41) is 5.04. The van der Waals surface area contributed by atoms with Crippen molar-refractivity contribution in [2.75, 3.05) is 18.1 Å². The summed E-state index contributed by atoms with van der Waals surface area (Å²) in [6.07, 6.45) is 0. The first kappa shape index (κ1) is 21.2. The van der Waals surface area contributed by atoms with Gasteiger partial charge in [-0.3, -0.25) is 9.48 Å². The highest BCUT2D eigenvalue weighted by atomic mass is 16.5. The van der Waals surface area contributed by atoms with Crippen molar-refractivity contribution in [2.24, 2.45) is 7.05 Å². The van der Waals surface area contributed by atoms with Crippen LogP contribution in [0.1, 0.15) is 23.0 Å². The molecule has 4 rings (SSSR count). The van der Waals surface area contributed by atoms with Crippen molar-refractivity contribution in [2.45, 2.75) is 13.8 Å². The van der Waals surface area contributed by atoms with E-state index in [0.29, 0.717) is 34.5 Å². The highest BCUT2D eigenvalue weighted by molar-refractivity contribution is 6.06. The maximum absolute atomic E-state index is 13.1. The van der Waals surface area contributed by atoms with Crippen LogP contribution < -0.4 is 4.90 Å². The van der Waals surface area contributed by atoms with E-state index < -0.39 is 5.97 Å². The number of para-hydroxylation sites is 1. The largest absolute Gasteiger partial charge is 0.452 e. The first-order valence-electron chi connectivity index (χ1n) is 10.4. The van der Waals surface area contributed by atoms with Gasteiger partial charge in [-0.15, -0.1) is 0 Å². The smallest absolute Gasteiger partial charge is 0.339 e. The average Bonchev–Trinajstić information content (AvgIpc) is 3.12. The fourth-order valence-corrected chi connectivity index (χ4v) is 3.76. The Balaban J connectivity index is 1.64. The van der Waals surface area contributed by atoms with E-state index in [0.717, 1.165) is 11.3 Å². The van der Waals surface area contributed by atoms with E-state index in [1.165, 1.54) is 0 Å². The molecule has 0 radical (unpaired) electrons. The van der Waals surface area contributed by atoms with Crippen LogP contribution in [0.4, 0.5) is 5.69 Å². The van der Waals surface area contributed by atoms with Crippen molar-refractivity contribution in [3.63, 3.8) is 0 Å². The highest BCUT2D eigenvalue weighted by Crippen LogP contribution is 2.27. The second-order valence-electron chi connectivity index (χ2n) is 7.38. The number of benzene rings is 2. The van der Waals surface area contributed by atoms with Crippen molar-refractivity contribution in [1.82, 2.24) is 14.8 Å². The quantitative estimate of drug-likeness (QED) is 0.431. The van der Waals surface area contributed by atoms with E-state index in [1.54, 1.807) is 22.7 Å². The number of aryl methyl sites for hydroxylation is 2. The Labute approximate surface area is 186 Å². The van der Waals surface area contributed by atoms with Gasteiger partial charge in [0.05, 0.1) is 22.3 Å². The van der Waals surface area contributed by atoms with E-state index in [1.807, 2.05) is 74.5 Å². The SMILES string of the molecule is CCN(C(=O)COC(=O)c1cc(-c2ccccc2)nc2c1c(C)nn2C)c1ccccc1. The molecule has 7 nitrogen and oxygen atoms in total. The van der Waals surface area contributed by atoms with Gasteiger partial charge in [-0.1, -0.05) is 48.5 Å². The zero-order valence-electron chi connectivity index (χ0n) is 18.3. The number of nitrogens with zero attached hydrogens (tertiary/aromatic N) is 4. The van der Waals surface area contributed by atoms with Crippen molar-refractivity contribution >= 4 is 28.6 Å². The molecular weight excluding hydrogens is 404 g/mol. The number of aromatic nitrogens is 3. The lowest BCUT2D eigenvalue weighted by Crippen LogP contribution is -2.34. The number of amides is 1. The lowest BCUT2D eigenvalue weighted by Gasteiger charge is -2.20. The Kier molecular flexibility index (Phi) is 5.98. The third-order valence-electron chi connectivity index (χ3n) is 5.27. The third-order valence-corrected chi connectivity index (χ3v) is 5.27. The number of esters is 1. The zero-order valence-corrected chi connectivity index (χ0v) is 18.3. The van der Waals surface area contributed by atoms with Gasteiger partial charge in [0.2, 0.25) is 0 Å². The van der Waals surface area contributed by atoms with Gasteiger partial charge >= 0.3 is 5.97 Å². The number of ether oxygens (including phenoxy) is 1. The Bertz CT molecular complexity index is 1270. The first-order valence-corrected chi connectivity index (χ1v) is 10.4. The molecule has 0 unspecified atom stereocenters. The minimum absolute atomic E-state index is 0.288. The van der Waals surface area contributed by atoms with Crippen LogP contribution in [0.3, 0.4) is 0 Å². The maximum atomic E-state index is 13.1. The summed E-state index contributed by atoms with van der Waals surface area (Å²) < 4.78 is 7.11. The molecule has 0 saturated heterocycles. The van der Waals surface area contributed by atoms with Crippen molar-refractivity contribution in [3.8, 4) is 11.3 Å². The number of pyridine rings is 1.